The maximum absolute atomic E-state index is 12.3. The van der Waals surface area contributed by atoms with Crippen LogP contribution in [0.1, 0.15) is 12.5 Å². The molecule has 118 valence electrons. The number of hydrogen-bond donors (Lipinski definition) is 3. The summed E-state index contributed by atoms with van der Waals surface area (Å²) in [5.74, 6) is -0.760. The molecule has 0 radical (unpaired) electrons. The van der Waals surface area contributed by atoms with Gasteiger partial charge in [-0.1, -0.05) is 36.5 Å². The lowest BCUT2D eigenvalue weighted by Gasteiger charge is -2.11. The molecular formula is C17H16N2O3S. The molecule has 3 N–H and O–H groups in total. The van der Waals surface area contributed by atoms with Gasteiger partial charge in [-0.15, -0.1) is 0 Å². The lowest BCUT2D eigenvalue weighted by molar-refractivity contribution is -0.119. The van der Waals surface area contributed by atoms with Crippen molar-refractivity contribution in [2.45, 2.75) is 13.3 Å². The molecule has 23 heavy (non-hydrogen) atoms. The summed E-state index contributed by atoms with van der Waals surface area (Å²) in [7, 11) is 0. The summed E-state index contributed by atoms with van der Waals surface area (Å²) in [6, 6.07) is 12.3. The van der Waals surface area contributed by atoms with E-state index in [2.05, 4.69) is 10.3 Å². The van der Waals surface area contributed by atoms with Crippen molar-refractivity contribution in [3.05, 3.63) is 48.0 Å². The van der Waals surface area contributed by atoms with Crippen LogP contribution in [0.2, 0.25) is 0 Å². The Bertz CT molecular complexity index is 827. The number of phenolic OH excluding ortho intramolecular Hbond substituents is 2. The van der Waals surface area contributed by atoms with E-state index >= 15 is 0 Å². The highest BCUT2D eigenvalue weighted by atomic mass is 32.1. The molecule has 0 spiro atoms. The number of aromatic nitrogens is 1. The number of amides is 1. The smallest absolute Gasteiger partial charge is 0.229 e. The van der Waals surface area contributed by atoms with Crippen LogP contribution in [0.4, 0.5) is 5.13 Å². The van der Waals surface area contributed by atoms with Crippen molar-refractivity contribution in [1.82, 2.24) is 4.98 Å². The number of aromatic hydroxyl groups is 2. The molecular weight excluding hydrogens is 312 g/mol. The van der Waals surface area contributed by atoms with Crippen LogP contribution in [-0.2, 0) is 11.2 Å². The van der Waals surface area contributed by atoms with E-state index in [1.807, 2.05) is 31.2 Å². The minimum absolute atomic E-state index is 0.128. The van der Waals surface area contributed by atoms with Gasteiger partial charge in [0.05, 0.1) is 10.2 Å². The van der Waals surface area contributed by atoms with Gasteiger partial charge in [0, 0.05) is 5.92 Å². The van der Waals surface area contributed by atoms with Gasteiger partial charge in [0.15, 0.2) is 16.6 Å². The number of thiazole rings is 1. The number of rotatable bonds is 4. The van der Waals surface area contributed by atoms with Crippen LogP contribution in [0.3, 0.4) is 0 Å². The molecule has 3 aromatic rings. The van der Waals surface area contributed by atoms with Gasteiger partial charge in [0.25, 0.3) is 0 Å². The van der Waals surface area contributed by atoms with Crippen molar-refractivity contribution in [1.29, 1.82) is 0 Å². The Hall–Kier alpha value is -2.60. The van der Waals surface area contributed by atoms with Crippen molar-refractivity contribution >= 4 is 32.6 Å². The Morgan fingerprint density at radius 2 is 2.00 bits per heavy atom. The summed E-state index contributed by atoms with van der Waals surface area (Å²) >= 11 is 1.44. The van der Waals surface area contributed by atoms with Gasteiger partial charge in [-0.05, 0) is 36.2 Å². The Labute approximate surface area is 137 Å². The fourth-order valence-corrected chi connectivity index (χ4v) is 3.17. The Balaban J connectivity index is 1.68. The number of anilines is 1. The standard InChI is InChI=1S/C17H16N2O3S/c1-10(8-11-6-7-13(20)14(21)9-11)16(22)19-17-18-12-4-2-3-5-15(12)23-17/h2-7,9-10,20-21H,8H2,1H3,(H,18,19,22). The number of hydrogen-bond acceptors (Lipinski definition) is 5. The van der Waals surface area contributed by atoms with Crippen molar-refractivity contribution in [2.75, 3.05) is 5.32 Å². The average molecular weight is 328 g/mol. The molecule has 1 heterocycles. The third kappa shape index (κ3) is 3.43. The number of para-hydroxylation sites is 1. The zero-order valence-corrected chi connectivity index (χ0v) is 13.3. The lowest BCUT2D eigenvalue weighted by atomic mass is 10.00. The SMILES string of the molecule is CC(Cc1ccc(O)c(O)c1)C(=O)Nc1nc2ccccc2s1. The van der Waals surface area contributed by atoms with Gasteiger partial charge in [0.2, 0.25) is 5.91 Å². The molecule has 0 aliphatic heterocycles. The van der Waals surface area contributed by atoms with E-state index in [1.165, 1.54) is 23.5 Å². The summed E-state index contributed by atoms with van der Waals surface area (Å²) < 4.78 is 1.03. The summed E-state index contributed by atoms with van der Waals surface area (Å²) in [6.07, 6.45) is 0.463. The molecule has 1 atom stereocenters. The first-order valence-corrected chi connectivity index (χ1v) is 8.02. The third-order valence-corrected chi connectivity index (χ3v) is 4.51. The predicted molar refractivity (Wildman–Crippen MR) is 90.9 cm³/mol. The highest BCUT2D eigenvalue weighted by molar-refractivity contribution is 7.22. The molecule has 2 aromatic carbocycles. The normalized spacial score (nSPS) is 12.2. The Morgan fingerprint density at radius 1 is 1.22 bits per heavy atom. The van der Waals surface area contributed by atoms with E-state index in [1.54, 1.807) is 6.07 Å². The molecule has 1 amide bonds. The van der Waals surface area contributed by atoms with E-state index < -0.39 is 0 Å². The van der Waals surface area contributed by atoms with Crippen LogP contribution < -0.4 is 5.32 Å². The third-order valence-electron chi connectivity index (χ3n) is 3.55. The fourth-order valence-electron chi connectivity index (χ4n) is 2.30. The molecule has 0 aliphatic carbocycles. The van der Waals surface area contributed by atoms with Crippen LogP contribution in [0, 0.1) is 5.92 Å². The predicted octanol–water partition coefficient (Wildman–Crippen LogP) is 3.52. The fraction of sp³-hybridized carbons (Fsp3) is 0.176. The monoisotopic (exact) mass is 328 g/mol. The van der Waals surface area contributed by atoms with Crippen LogP contribution >= 0.6 is 11.3 Å². The lowest BCUT2D eigenvalue weighted by Crippen LogP contribution is -2.22. The second kappa shape index (κ2) is 6.26. The van der Waals surface area contributed by atoms with Gasteiger partial charge in [-0.25, -0.2) is 4.98 Å². The van der Waals surface area contributed by atoms with Crippen molar-refractivity contribution in [3.63, 3.8) is 0 Å². The molecule has 1 aromatic heterocycles. The maximum atomic E-state index is 12.3. The van der Waals surface area contributed by atoms with E-state index in [-0.39, 0.29) is 23.3 Å². The molecule has 0 saturated carbocycles. The number of phenols is 2. The van der Waals surface area contributed by atoms with Crippen molar-refractivity contribution in [3.8, 4) is 11.5 Å². The van der Waals surface area contributed by atoms with E-state index in [9.17, 15) is 15.0 Å². The van der Waals surface area contributed by atoms with E-state index in [0.717, 1.165) is 15.8 Å². The highest BCUT2D eigenvalue weighted by Gasteiger charge is 2.16. The minimum Gasteiger partial charge on any atom is -0.504 e. The first-order chi connectivity index (χ1) is 11.0. The van der Waals surface area contributed by atoms with Gasteiger partial charge < -0.3 is 15.5 Å². The zero-order chi connectivity index (χ0) is 16.4. The Kier molecular flexibility index (Phi) is 4.16. The topological polar surface area (TPSA) is 82.5 Å². The molecule has 3 rings (SSSR count). The van der Waals surface area contributed by atoms with Gasteiger partial charge in [-0.3, -0.25) is 4.79 Å². The van der Waals surface area contributed by atoms with Crippen LogP contribution in [0.5, 0.6) is 11.5 Å². The average Bonchev–Trinajstić information content (AvgIpc) is 2.93. The molecule has 5 nitrogen and oxygen atoms in total. The van der Waals surface area contributed by atoms with Crippen molar-refractivity contribution < 1.29 is 15.0 Å². The van der Waals surface area contributed by atoms with Gasteiger partial charge >= 0.3 is 0 Å². The number of carbonyl (C=O) groups excluding carboxylic acids is 1. The Morgan fingerprint density at radius 3 is 2.74 bits per heavy atom. The van der Waals surface area contributed by atoms with Crippen LogP contribution in [-0.4, -0.2) is 21.1 Å². The minimum atomic E-state index is -0.286. The number of carbonyl (C=O) groups is 1. The van der Waals surface area contributed by atoms with Crippen LogP contribution in [0.25, 0.3) is 10.2 Å². The van der Waals surface area contributed by atoms with Crippen molar-refractivity contribution in [2.24, 2.45) is 5.92 Å². The molecule has 0 saturated heterocycles. The number of nitrogens with one attached hydrogen (secondary N) is 1. The maximum Gasteiger partial charge on any atom is 0.229 e. The summed E-state index contributed by atoms with van der Waals surface area (Å²) in [5.41, 5.74) is 1.65. The number of benzene rings is 2. The van der Waals surface area contributed by atoms with Gasteiger partial charge in [0.1, 0.15) is 0 Å². The summed E-state index contributed by atoms with van der Waals surface area (Å²) in [6.45, 7) is 1.81. The largest absolute Gasteiger partial charge is 0.504 e. The number of nitrogens with zero attached hydrogens (tertiary/aromatic N) is 1. The molecule has 6 heteroatoms. The summed E-state index contributed by atoms with van der Waals surface area (Å²) in [5, 5.41) is 22.2. The summed E-state index contributed by atoms with van der Waals surface area (Å²) in [4.78, 5) is 16.7. The molecule has 1 unspecified atom stereocenters. The first-order valence-electron chi connectivity index (χ1n) is 7.20. The molecule has 0 bridgehead atoms. The zero-order valence-electron chi connectivity index (χ0n) is 12.5. The first kappa shape index (κ1) is 15.3. The molecule has 0 fully saturated rings. The molecule has 0 aliphatic rings. The highest BCUT2D eigenvalue weighted by Crippen LogP contribution is 2.27. The van der Waals surface area contributed by atoms with E-state index in [4.69, 9.17) is 0 Å². The van der Waals surface area contributed by atoms with Crippen LogP contribution in [0.15, 0.2) is 42.5 Å². The van der Waals surface area contributed by atoms with E-state index in [0.29, 0.717) is 11.6 Å². The second-order valence-electron chi connectivity index (χ2n) is 5.40. The van der Waals surface area contributed by atoms with Gasteiger partial charge in [-0.2, -0.15) is 0 Å². The quantitative estimate of drug-likeness (QED) is 0.640. The number of fused-ring (bicyclic) bond motifs is 1. The second-order valence-corrected chi connectivity index (χ2v) is 6.43.